The summed E-state index contributed by atoms with van der Waals surface area (Å²) in [6, 6.07) is 0.620. The van der Waals surface area contributed by atoms with Crippen LogP contribution in [0.4, 0.5) is 32.3 Å². The lowest BCUT2D eigenvalue weighted by Gasteiger charge is -2.43. The maximum absolute atomic E-state index is 14.8. The molecule has 9 nitrogen and oxygen atoms in total. The van der Waals surface area contributed by atoms with Gasteiger partial charge in [-0.2, -0.15) is 22.7 Å². The number of rotatable bonds is 5. The van der Waals surface area contributed by atoms with E-state index in [1.807, 2.05) is 0 Å². The van der Waals surface area contributed by atoms with Crippen molar-refractivity contribution in [3.63, 3.8) is 0 Å². The van der Waals surface area contributed by atoms with Gasteiger partial charge < -0.3 is 10.2 Å². The lowest BCUT2D eigenvalue weighted by Crippen LogP contribution is -2.57. The molecule has 1 aliphatic heterocycles. The van der Waals surface area contributed by atoms with Crippen LogP contribution < -0.4 is 5.32 Å². The Balaban J connectivity index is 1.63. The maximum Gasteiger partial charge on any atom is 0.419 e. The summed E-state index contributed by atoms with van der Waals surface area (Å²) in [5.74, 6) is -6.19. The van der Waals surface area contributed by atoms with E-state index < -0.39 is 60.1 Å². The maximum atomic E-state index is 14.8. The Kier molecular flexibility index (Phi) is 6.58. The Hall–Kier alpha value is -3.78. The normalized spacial score (nSPS) is 19.8. The Labute approximate surface area is 200 Å². The van der Waals surface area contributed by atoms with Gasteiger partial charge in [-0.1, -0.05) is 6.92 Å². The van der Waals surface area contributed by atoms with E-state index in [-0.39, 0.29) is 23.9 Å². The van der Waals surface area contributed by atoms with Crippen LogP contribution in [0.15, 0.2) is 30.9 Å². The predicted molar refractivity (Wildman–Crippen MR) is 113 cm³/mol. The number of anilines is 1. The molecule has 2 unspecified atom stereocenters. The highest BCUT2D eigenvalue weighted by atomic mass is 19.4. The smallest absolute Gasteiger partial charge is 0.352 e. The van der Waals surface area contributed by atoms with Crippen molar-refractivity contribution in [2.24, 2.45) is 13.0 Å². The topological polar surface area (TPSA) is 102 Å². The molecule has 1 aliphatic rings. The van der Waals surface area contributed by atoms with E-state index in [1.165, 1.54) is 32.4 Å². The number of aryl methyl sites for hydroxylation is 1. The van der Waals surface area contributed by atoms with Gasteiger partial charge in [-0.15, -0.1) is 0 Å². The zero-order valence-electron chi connectivity index (χ0n) is 19.0. The summed E-state index contributed by atoms with van der Waals surface area (Å²) in [5.41, 5.74) is -1.83. The number of piperidine rings is 1. The molecule has 3 aromatic heterocycles. The first kappa shape index (κ1) is 25.3. The van der Waals surface area contributed by atoms with E-state index in [2.05, 4.69) is 30.4 Å². The molecule has 0 saturated carbocycles. The highest BCUT2D eigenvalue weighted by Crippen LogP contribution is 2.36. The van der Waals surface area contributed by atoms with Crippen molar-refractivity contribution in [3.05, 3.63) is 48.1 Å². The van der Waals surface area contributed by atoms with E-state index in [1.54, 1.807) is 0 Å². The van der Waals surface area contributed by atoms with E-state index in [0.29, 0.717) is 12.4 Å². The second kappa shape index (κ2) is 9.35. The Morgan fingerprint density at radius 3 is 2.42 bits per heavy atom. The Morgan fingerprint density at radius 2 is 1.81 bits per heavy atom. The summed E-state index contributed by atoms with van der Waals surface area (Å²) >= 11 is 0. The van der Waals surface area contributed by atoms with Crippen LogP contribution in [0.1, 0.15) is 29.4 Å². The molecule has 1 fully saturated rings. The van der Waals surface area contributed by atoms with Crippen molar-refractivity contribution in [1.29, 1.82) is 0 Å². The molecule has 1 saturated heterocycles. The number of aromatic nitrogens is 6. The minimum absolute atomic E-state index is 0.143. The van der Waals surface area contributed by atoms with Crippen molar-refractivity contribution in [3.8, 4) is 11.4 Å². The summed E-state index contributed by atoms with van der Waals surface area (Å²) < 4.78 is 82.9. The highest BCUT2D eigenvalue weighted by molar-refractivity contribution is 5.98. The Bertz CT molecular complexity index is 1230. The zero-order chi connectivity index (χ0) is 26.3. The van der Waals surface area contributed by atoms with Gasteiger partial charge in [-0.05, 0) is 12.0 Å². The first-order valence-corrected chi connectivity index (χ1v) is 10.7. The van der Waals surface area contributed by atoms with Crippen LogP contribution >= 0.6 is 0 Å². The van der Waals surface area contributed by atoms with Crippen molar-refractivity contribution in [2.45, 2.75) is 31.5 Å². The number of hydrogen-bond acceptors (Lipinski definition) is 7. The quantitative estimate of drug-likeness (QED) is 0.521. The van der Waals surface area contributed by atoms with Gasteiger partial charge in [-0.3, -0.25) is 4.79 Å². The van der Waals surface area contributed by atoms with Crippen molar-refractivity contribution >= 4 is 11.9 Å². The van der Waals surface area contributed by atoms with Crippen LogP contribution in [0.5, 0.6) is 0 Å². The molecule has 15 heteroatoms. The fourth-order valence-electron chi connectivity index (χ4n) is 4.06. The van der Waals surface area contributed by atoms with Crippen molar-refractivity contribution in [2.75, 3.05) is 18.4 Å². The van der Waals surface area contributed by atoms with E-state index in [4.69, 9.17) is 0 Å². The average Bonchev–Trinajstić information content (AvgIpc) is 3.11. The number of nitrogens with zero attached hydrogens (tertiary/aromatic N) is 7. The molecule has 36 heavy (non-hydrogen) atoms. The molecule has 0 bridgehead atoms. The molecule has 4 heterocycles. The lowest BCUT2D eigenvalue weighted by atomic mass is 9.88. The number of likely N-dealkylation sites (tertiary alicyclic amines) is 1. The number of carbonyl (C=O) groups excluding carboxylic acids is 1. The third-order valence-electron chi connectivity index (χ3n) is 5.76. The van der Waals surface area contributed by atoms with Crippen LogP contribution in [0.3, 0.4) is 0 Å². The van der Waals surface area contributed by atoms with Crippen LogP contribution in [0.2, 0.25) is 0 Å². The van der Waals surface area contributed by atoms with E-state index in [9.17, 15) is 31.1 Å². The fourth-order valence-corrected chi connectivity index (χ4v) is 4.06. The molecule has 3 aromatic rings. The third-order valence-corrected chi connectivity index (χ3v) is 5.76. The summed E-state index contributed by atoms with van der Waals surface area (Å²) in [6.07, 6.45) is -1.33. The second-order valence-electron chi connectivity index (χ2n) is 8.42. The van der Waals surface area contributed by atoms with Crippen LogP contribution in [-0.2, 0) is 13.2 Å². The Morgan fingerprint density at radius 1 is 1.17 bits per heavy atom. The molecule has 192 valence electrons. The summed E-state index contributed by atoms with van der Waals surface area (Å²) in [4.78, 5) is 29.4. The average molecular weight is 514 g/mol. The van der Waals surface area contributed by atoms with Gasteiger partial charge in [0.15, 0.2) is 11.5 Å². The van der Waals surface area contributed by atoms with Crippen molar-refractivity contribution < 1.29 is 31.1 Å². The minimum Gasteiger partial charge on any atom is -0.352 e. The molecule has 0 radical (unpaired) electrons. The summed E-state index contributed by atoms with van der Waals surface area (Å²) in [5, 5.41) is 6.59. The molecule has 1 N–H and O–H groups in total. The monoisotopic (exact) mass is 514 g/mol. The number of nitrogens with one attached hydrogen (secondary N) is 1. The summed E-state index contributed by atoms with van der Waals surface area (Å²) in [6.45, 7) is 0.387. The second-order valence-corrected chi connectivity index (χ2v) is 8.42. The number of alkyl halides is 5. The number of hydrogen-bond donors (Lipinski definition) is 1. The van der Waals surface area contributed by atoms with Gasteiger partial charge in [0.25, 0.3) is 11.8 Å². The number of carbonyl (C=O) groups is 1. The number of amides is 1. The van der Waals surface area contributed by atoms with Gasteiger partial charge in [0.05, 0.1) is 18.2 Å². The third kappa shape index (κ3) is 5.09. The lowest BCUT2D eigenvalue weighted by molar-refractivity contribution is -0.138. The fraction of sp³-hybridized carbons (Fsp3) is 0.429. The van der Waals surface area contributed by atoms with E-state index in [0.717, 1.165) is 9.58 Å². The van der Waals surface area contributed by atoms with Gasteiger partial charge in [0.1, 0.15) is 5.56 Å². The predicted octanol–water partition coefficient (Wildman–Crippen LogP) is 3.42. The molecule has 2 atom stereocenters. The number of halogens is 6. The highest BCUT2D eigenvalue weighted by Gasteiger charge is 2.47. The molecule has 4 rings (SSSR count). The van der Waals surface area contributed by atoms with Crippen LogP contribution in [-0.4, -0.2) is 65.6 Å². The van der Waals surface area contributed by atoms with Gasteiger partial charge in [0.2, 0.25) is 11.9 Å². The molecular weight excluding hydrogens is 494 g/mol. The standard InChI is InChI=1S/C21H20F6N8O/c1-11-6-20(23,24)10-35(13(11)9-32-19-30-7-12(8-31-19)21(25,26)27)18(36)15-14(16(22)34(2)33-15)17-28-4-3-5-29-17/h3-5,7-8,11,13H,6,9-10H2,1-2H3,(H,30,31,32). The molecule has 0 aliphatic carbocycles. The van der Waals surface area contributed by atoms with Crippen molar-refractivity contribution in [1.82, 2.24) is 34.6 Å². The van der Waals surface area contributed by atoms with Crippen LogP contribution in [0, 0.1) is 11.9 Å². The molecule has 0 spiro atoms. The van der Waals surface area contributed by atoms with E-state index >= 15 is 0 Å². The molecule has 1 amide bonds. The minimum atomic E-state index is -4.62. The van der Waals surface area contributed by atoms with Crippen LogP contribution in [0.25, 0.3) is 11.4 Å². The molecular formula is C21H20F6N8O. The largest absolute Gasteiger partial charge is 0.419 e. The van der Waals surface area contributed by atoms with Gasteiger partial charge in [-0.25, -0.2) is 33.4 Å². The van der Waals surface area contributed by atoms with Gasteiger partial charge in [0, 0.05) is 44.8 Å². The first-order valence-electron chi connectivity index (χ1n) is 10.7. The zero-order valence-corrected chi connectivity index (χ0v) is 19.0. The summed E-state index contributed by atoms with van der Waals surface area (Å²) in [7, 11) is 1.24. The van der Waals surface area contributed by atoms with Gasteiger partial charge >= 0.3 is 6.18 Å². The molecule has 0 aromatic carbocycles. The SMILES string of the molecule is CC1CC(F)(F)CN(C(=O)c2nn(C)c(F)c2-c2ncccn2)C1CNc1ncc(C(F)(F)F)cn1. The first-order chi connectivity index (χ1) is 16.9.